The third-order valence-electron chi connectivity index (χ3n) is 5.47. The molecule has 1 heterocycles. The minimum Gasteiger partial charge on any atom is -0.497 e. The summed E-state index contributed by atoms with van der Waals surface area (Å²) in [6.45, 7) is 4.18. The van der Waals surface area contributed by atoms with Crippen molar-refractivity contribution in [3.05, 3.63) is 65.7 Å². The average molecular weight is 383 g/mol. The Morgan fingerprint density at radius 1 is 1.11 bits per heavy atom. The summed E-state index contributed by atoms with van der Waals surface area (Å²) >= 11 is 0. The molecule has 3 rings (SSSR count). The summed E-state index contributed by atoms with van der Waals surface area (Å²) in [7, 11) is 1.66. The standard InChI is InChI=1S/C23H29NO4/c1-18(28-16-19-6-4-3-5-7-19)22(25)24-17-23(12-14-27-15-13-23)20-8-10-21(26-2)11-9-20/h3-11,18H,12-17H2,1-2H3,(H,24,25). The van der Waals surface area contributed by atoms with Crippen molar-refractivity contribution in [3.8, 4) is 5.75 Å². The molecule has 1 N–H and O–H groups in total. The number of ether oxygens (including phenoxy) is 3. The molecular weight excluding hydrogens is 354 g/mol. The van der Waals surface area contributed by atoms with Gasteiger partial charge in [-0.05, 0) is 43.0 Å². The largest absolute Gasteiger partial charge is 0.497 e. The maximum absolute atomic E-state index is 12.6. The van der Waals surface area contributed by atoms with Crippen molar-refractivity contribution in [2.45, 2.75) is 37.9 Å². The van der Waals surface area contributed by atoms with Crippen LogP contribution < -0.4 is 10.1 Å². The molecule has 1 unspecified atom stereocenters. The van der Waals surface area contributed by atoms with Crippen LogP contribution in [-0.4, -0.2) is 38.9 Å². The van der Waals surface area contributed by atoms with Gasteiger partial charge in [0.15, 0.2) is 0 Å². The maximum atomic E-state index is 12.6. The summed E-state index contributed by atoms with van der Waals surface area (Å²) in [5.41, 5.74) is 2.13. The van der Waals surface area contributed by atoms with Crippen molar-refractivity contribution in [1.82, 2.24) is 5.32 Å². The van der Waals surface area contributed by atoms with Crippen molar-refractivity contribution in [1.29, 1.82) is 0 Å². The van der Waals surface area contributed by atoms with Crippen molar-refractivity contribution >= 4 is 5.91 Å². The number of methoxy groups -OCH3 is 1. The van der Waals surface area contributed by atoms with E-state index in [9.17, 15) is 4.79 Å². The molecule has 0 bridgehead atoms. The first-order valence-electron chi connectivity index (χ1n) is 9.78. The molecule has 1 aliphatic heterocycles. The van der Waals surface area contributed by atoms with Crippen LogP contribution in [0.4, 0.5) is 0 Å². The van der Waals surface area contributed by atoms with Gasteiger partial charge in [0.1, 0.15) is 11.9 Å². The highest BCUT2D eigenvalue weighted by Crippen LogP contribution is 2.35. The lowest BCUT2D eigenvalue weighted by Gasteiger charge is -2.38. The molecule has 0 spiro atoms. The van der Waals surface area contributed by atoms with E-state index in [4.69, 9.17) is 14.2 Å². The van der Waals surface area contributed by atoms with E-state index in [0.717, 1.165) is 24.2 Å². The van der Waals surface area contributed by atoms with Crippen molar-refractivity contribution < 1.29 is 19.0 Å². The molecule has 2 aromatic rings. The number of amides is 1. The first kappa shape index (κ1) is 20.4. The number of benzene rings is 2. The van der Waals surface area contributed by atoms with E-state index in [-0.39, 0.29) is 11.3 Å². The van der Waals surface area contributed by atoms with E-state index >= 15 is 0 Å². The summed E-state index contributed by atoms with van der Waals surface area (Å²) in [4.78, 5) is 12.6. The summed E-state index contributed by atoms with van der Waals surface area (Å²) < 4.78 is 16.6. The fourth-order valence-electron chi connectivity index (χ4n) is 3.55. The second kappa shape index (κ2) is 9.71. The lowest BCUT2D eigenvalue weighted by Crippen LogP contribution is -2.47. The van der Waals surface area contributed by atoms with Crippen LogP contribution >= 0.6 is 0 Å². The van der Waals surface area contributed by atoms with Gasteiger partial charge in [-0.25, -0.2) is 0 Å². The monoisotopic (exact) mass is 383 g/mol. The van der Waals surface area contributed by atoms with Crippen LogP contribution in [0.1, 0.15) is 30.9 Å². The normalized spacial score (nSPS) is 16.9. The third kappa shape index (κ3) is 5.12. The maximum Gasteiger partial charge on any atom is 0.248 e. The lowest BCUT2D eigenvalue weighted by atomic mass is 9.74. The molecule has 5 nitrogen and oxygen atoms in total. The van der Waals surface area contributed by atoms with Gasteiger partial charge in [0.05, 0.1) is 13.7 Å². The highest BCUT2D eigenvalue weighted by molar-refractivity contribution is 5.80. The van der Waals surface area contributed by atoms with Crippen LogP contribution in [0.15, 0.2) is 54.6 Å². The number of nitrogens with one attached hydrogen (secondary N) is 1. The summed E-state index contributed by atoms with van der Waals surface area (Å²) in [5.74, 6) is 0.744. The third-order valence-corrected chi connectivity index (χ3v) is 5.47. The van der Waals surface area contributed by atoms with E-state index in [1.165, 1.54) is 5.56 Å². The first-order chi connectivity index (χ1) is 13.6. The predicted octanol–water partition coefficient (Wildman–Crippen LogP) is 3.46. The Kier molecular flexibility index (Phi) is 7.06. The number of hydrogen-bond acceptors (Lipinski definition) is 4. The van der Waals surface area contributed by atoms with E-state index in [2.05, 4.69) is 17.4 Å². The number of carbonyl (C=O) groups is 1. The Hall–Kier alpha value is -2.37. The van der Waals surface area contributed by atoms with Crippen LogP contribution in [0.5, 0.6) is 5.75 Å². The lowest BCUT2D eigenvalue weighted by molar-refractivity contribution is -0.133. The molecule has 28 heavy (non-hydrogen) atoms. The summed E-state index contributed by atoms with van der Waals surface area (Å²) in [6, 6.07) is 18.0. The fraction of sp³-hybridized carbons (Fsp3) is 0.435. The molecular formula is C23H29NO4. The van der Waals surface area contributed by atoms with Crippen LogP contribution in [0.2, 0.25) is 0 Å². The van der Waals surface area contributed by atoms with E-state index in [0.29, 0.717) is 26.4 Å². The van der Waals surface area contributed by atoms with Gasteiger partial charge in [0, 0.05) is 25.2 Å². The molecule has 1 amide bonds. The van der Waals surface area contributed by atoms with Gasteiger partial charge >= 0.3 is 0 Å². The van der Waals surface area contributed by atoms with Crippen LogP contribution in [-0.2, 0) is 26.3 Å². The van der Waals surface area contributed by atoms with Gasteiger partial charge in [-0.15, -0.1) is 0 Å². The average Bonchev–Trinajstić information content (AvgIpc) is 2.77. The molecule has 2 aromatic carbocycles. The molecule has 0 saturated carbocycles. The minimum absolute atomic E-state index is 0.0877. The Balaban J connectivity index is 1.60. The molecule has 150 valence electrons. The Bertz CT molecular complexity index is 739. The van der Waals surface area contributed by atoms with Gasteiger partial charge in [0.25, 0.3) is 0 Å². The van der Waals surface area contributed by atoms with Crippen molar-refractivity contribution in [2.75, 3.05) is 26.9 Å². The zero-order valence-corrected chi connectivity index (χ0v) is 16.6. The molecule has 1 aliphatic rings. The van der Waals surface area contributed by atoms with Crippen LogP contribution in [0.3, 0.4) is 0 Å². The van der Waals surface area contributed by atoms with Crippen LogP contribution in [0.25, 0.3) is 0 Å². The minimum atomic E-state index is -0.507. The SMILES string of the molecule is COc1ccc(C2(CNC(=O)C(C)OCc3ccccc3)CCOCC2)cc1. The fourth-order valence-corrected chi connectivity index (χ4v) is 3.55. The Labute approximate surface area is 167 Å². The Morgan fingerprint density at radius 3 is 2.43 bits per heavy atom. The molecule has 1 fully saturated rings. The quantitative estimate of drug-likeness (QED) is 0.758. The second-order valence-corrected chi connectivity index (χ2v) is 7.28. The molecule has 0 aliphatic carbocycles. The van der Waals surface area contributed by atoms with Crippen LogP contribution in [0, 0.1) is 0 Å². The predicted molar refractivity (Wildman–Crippen MR) is 108 cm³/mol. The number of carbonyl (C=O) groups excluding carboxylic acids is 1. The van der Waals surface area contributed by atoms with Crippen molar-refractivity contribution in [2.24, 2.45) is 0 Å². The summed E-state index contributed by atoms with van der Waals surface area (Å²) in [6.07, 6.45) is 1.24. The first-order valence-corrected chi connectivity index (χ1v) is 9.78. The zero-order chi connectivity index (χ0) is 19.8. The number of hydrogen-bond donors (Lipinski definition) is 1. The molecule has 1 saturated heterocycles. The molecule has 1 atom stereocenters. The summed E-state index contributed by atoms with van der Waals surface area (Å²) in [5, 5.41) is 3.11. The van der Waals surface area contributed by atoms with E-state index in [1.54, 1.807) is 14.0 Å². The highest BCUT2D eigenvalue weighted by atomic mass is 16.5. The topological polar surface area (TPSA) is 56.8 Å². The second-order valence-electron chi connectivity index (χ2n) is 7.28. The van der Waals surface area contributed by atoms with Gasteiger partial charge in [0.2, 0.25) is 5.91 Å². The number of rotatable bonds is 8. The van der Waals surface area contributed by atoms with E-state index < -0.39 is 6.10 Å². The smallest absolute Gasteiger partial charge is 0.248 e. The van der Waals surface area contributed by atoms with E-state index in [1.807, 2.05) is 42.5 Å². The highest BCUT2D eigenvalue weighted by Gasteiger charge is 2.35. The molecule has 0 aromatic heterocycles. The van der Waals surface area contributed by atoms with Crippen molar-refractivity contribution in [3.63, 3.8) is 0 Å². The zero-order valence-electron chi connectivity index (χ0n) is 16.6. The Morgan fingerprint density at radius 2 is 1.79 bits per heavy atom. The van der Waals surface area contributed by atoms with Gasteiger partial charge < -0.3 is 19.5 Å². The van der Waals surface area contributed by atoms with Gasteiger partial charge in [-0.1, -0.05) is 42.5 Å². The molecule has 0 radical (unpaired) electrons. The van der Waals surface area contributed by atoms with Gasteiger partial charge in [-0.3, -0.25) is 4.79 Å². The molecule has 5 heteroatoms. The van der Waals surface area contributed by atoms with Gasteiger partial charge in [-0.2, -0.15) is 0 Å².